The number of ether oxygens (including phenoxy) is 1. The first kappa shape index (κ1) is 10.1. The van der Waals surface area contributed by atoms with Gasteiger partial charge in [0.05, 0.1) is 7.11 Å². The Balaban J connectivity index is 2.86. The molecule has 0 bridgehead atoms. The second-order valence-electron chi connectivity index (χ2n) is 3.49. The second kappa shape index (κ2) is 4.28. The average molecular weight is 179 g/mol. The van der Waals surface area contributed by atoms with Crippen LogP contribution in [-0.2, 0) is 6.42 Å². The van der Waals surface area contributed by atoms with Gasteiger partial charge in [-0.3, -0.25) is 0 Å². The number of hydrogen-bond acceptors (Lipinski definition) is 2. The molecule has 2 heteroatoms. The lowest BCUT2D eigenvalue weighted by molar-refractivity contribution is 0.411. The summed E-state index contributed by atoms with van der Waals surface area (Å²) in [4.78, 5) is 0. The summed E-state index contributed by atoms with van der Waals surface area (Å²) in [7, 11) is 1.69. The van der Waals surface area contributed by atoms with Crippen LogP contribution in [0.1, 0.15) is 18.1 Å². The highest BCUT2D eigenvalue weighted by molar-refractivity contribution is 5.36. The van der Waals surface area contributed by atoms with Gasteiger partial charge in [0.25, 0.3) is 0 Å². The number of rotatable bonds is 3. The van der Waals surface area contributed by atoms with E-state index >= 15 is 0 Å². The lowest BCUT2D eigenvalue weighted by Crippen LogP contribution is -2.17. The van der Waals surface area contributed by atoms with Gasteiger partial charge in [-0.2, -0.15) is 0 Å². The fourth-order valence-corrected chi connectivity index (χ4v) is 1.36. The van der Waals surface area contributed by atoms with E-state index in [4.69, 9.17) is 10.5 Å². The molecule has 1 aromatic carbocycles. The molecule has 0 aliphatic heterocycles. The predicted octanol–water partition coefficient (Wildman–Crippen LogP) is 1.89. The van der Waals surface area contributed by atoms with Crippen molar-refractivity contribution in [1.82, 2.24) is 0 Å². The van der Waals surface area contributed by atoms with Crippen LogP contribution in [0.3, 0.4) is 0 Å². The van der Waals surface area contributed by atoms with Gasteiger partial charge in [-0.15, -0.1) is 0 Å². The smallest absolute Gasteiger partial charge is 0.122 e. The third-order valence-corrected chi connectivity index (χ3v) is 2.03. The first-order chi connectivity index (χ1) is 6.13. The molecule has 0 aliphatic carbocycles. The third kappa shape index (κ3) is 2.74. The van der Waals surface area contributed by atoms with Crippen LogP contribution in [0.5, 0.6) is 5.75 Å². The fourth-order valence-electron chi connectivity index (χ4n) is 1.36. The maximum Gasteiger partial charge on any atom is 0.122 e. The van der Waals surface area contributed by atoms with E-state index in [9.17, 15) is 0 Å². The molecule has 0 aliphatic rings. The van der Waals surface area contributed by atoms with Crippen LogP contribution in [-0.4, -0.2) is 13.2 Å². The van der Waals surface area contributed by atoms with Crippen molar-refractivity contribution in [3.05, 3.63) is 29.3 Å². The van der Waals surface area contributed by atoms with Crippen LogP contribution in [0.15, 0.2) is 18.2 Å². The molecule has 0 aromatic heterocycles. The van der Waals surface area contributed by atoms with E-state index in [2.05, 4.69) is 18.2 Å². The van der Waals surface area contributed by atoms with Crippen molar-refractivity contribution >= 4 is 0 Å². The molecule has 0 fully saturated rings. The summed E-state index contributed by atoms with van der Waals surface area (Å²) >= 11 is 0. The number of hydrogen-bond donors (Lipinski definition) is 1. The van der Waals surface area contributed by atoms with Crippen molar-refractivity contribution in [3.63, 3.8) is 0 Å². The van der Waals surface area contributed by atoms with Gasteiger partial charge in [0.1, 0.15) is 5.75 Å². The summed E-state index contributed by atoms with van der Waals surface area (Å²) in [6.07, 6.45) is 0.899. The van der Waals surface area contributed by atoms with Gasteiger partial charge >= 0.3 is 0 Å². The van der Waals surface area contributed by atoms with E-state index in [1.165, 1.54) is 5.56 Å². The third-order valence-electron chi connectivity index (χ3n) is 2.03. The summed E-state index contributed by atoms with van der Waals surface area (Å²) in [6, 6.07) is 6.42. The first-order valence-corrected chi connectivity index (χ1v) is 4.52. The minimum atomic E-state index is 0.201. The van der Waals surface area contributed by atoms with Crippen LogP contribution < -0.4 is 10.5 Å². The van der Waals surface area contributed by atoms with Gasteiger partial charge in [0.2, 0.25) is 0 Å². The number of methoxy groups -OCH3 is 1. The van der Waals surface area contributed by atoms with Gasteiger partial charge in [-0.05, 0) is 37.5 Å². The Kier molecular flexibility index (Phi) is 3.32. The van der Waals surface area contributed by atoms with Gasteiger partial charge in [0, 0.05) is 6.04 Å². The first-order valence-electron chi connectivity index (χ1n) is 4.52. The van der Waals surface area contributed by atoms with E-state index in [1.807, 2.05) is 13.8 Å². The van der Waals surface area contributed by atoms with E-state index in [-0.39, 0.29) is 6.04 Å². The maximum atomic E-state index is 5.71. The highest BCUT2D eigenvalue weighted by Gasteiger charge is 2.02. The Bertz CT molecular complexity index is 281. The Morgan fingerprint density at radius 1 is 1.46 bits per heavy atom. The van der Waals surface area contributed by atoms with E-state index < -0.39 is 0 Å². The van der Waals surface area contributed by atoms with Gasteiger partial charge in [-0.25, -0.2) is 0 Å². The average Bonchev–Trinajstić information content (AvgIpc) is 2.07. The zero-order valence-corrected chi connectivity index (χ0v) is 8.50. The van der Waals surface area contributed by atoms with Gasteiger partial charge in [-0.1, -0.05) is 12.1 Å². The minimum absolute atomic E-state index is 0.201. The molecule has 0 heterocycles. The molecule has 2 N–H and O–H groups in total. The second-order valence-corrected chi connectivity index (χ2v) is 3.49. The van der Waals surface area contributed by atoms with Crippen LogP contribution in [0, 0.1) is 6.92 Å². The lowest BCUT2D eigenvalue weighted by atomic mass is 10.1. The Morgan fingerprint density at radius 3 is 2.69 bits per heavy atom. The molecule has 0 saturated carbocycles. The topological polar surface area (TPSA) is 35.2 Å². The molecule has 72 valence electrons. The zero-order chi connectivity index (χ0) is 9.84. The van der Waals surface area contributed by atoms with E-state index in [1.54, 1.807) is 7.11 Å². The Hall–Kier alpha value is -1.02. The molecule has 0 unspecified atom stereocenters. The summed E-state index contributed by atoms with van der Waals surface area (Å²) in [6.45, 7) is 4.04. The normalized spacial score (nSPS) is 12.6. The van der Waals surface area contributed by atoms with Crippen LogP contribution in [0.2, 0.25) is 0 Å². The molecule has 13 heavy (non-hydrogen) atoms. The Morgan fingerprint density at radius 2 is 2.15 bits per heavy atom. The highest BCUT2D eigenvalue weighted by atomic mass is 16.5. The van der Waals surface area contributed by atoms with Crippen molar-refractivity contribution in [1.29, 1.82) is 0 Å². The van der Waals surface area contributed by atoms with E-state index in [0.29, 0.717) is 0 Å². The van der Waals surface area contributed by atoms with Crippen molar-refractivity contribution in [3.8, 4) is 5.75 Å². The standard InChI is InChI=1S/C11H17NO/c1-8-4-5-10(6-9(2)12)7-11(8)13-3/h4-5,7,9H,6,12H2,1-3H3/t9-/m0/s1. The summed E-state index contributed by atoms with van der Waals surface area (Å²) in [5.74, 6) is 0.943. The van der Waals surface area contributed by atoms with Crippen molar-refractivity contribution in [2.75, 3.05) is 7.11 Å². The summed E-state index contributed by atoms with van der Waals surface area (Å²) in [5.41, 5.74) is 8.11. The van der Waals surface area contributed by atoms with Crippen molar-refractivity contribution < 1.29 is 4.74 Å². The quantitative estimate of drug-likeness (QED) is 0.769. The van der Waals surface area contributed by atoms with Crippen molar-refractivity contribution in [2.24, 2.45) is 5.73 Å². The lowest BCUT2D eigenvalue weighted by Gasteiger charge is -2.09. The predicted molar refractivity (Wildman–Crippen MR) is 55.1 cm³/mol. The molecule has 0 spiro atoms. The maximum absolute atomic E-state index is 5.71. The zero-order valence-electron chi connectivity index (χ0n) is 8.50. The van der Waals surface area contributed by atoms with Crippen molar-refractivity contribution in [2.45, 2.75) is 26.3 Å². The van der Waals surface area contributed by atoms with Crippen LogP contribution in [0.25, 0.3) is 0 Å². The summed E-state index contributed by atoms with van der Waals surface area (Å²) < 4.78 is 5.23. The van der Waals surface area contributed by atoms with E-state index in [0.717, 1.165) is 17.7 Å². The minimum Gasteiger partial charge on any atom is -0.496 e. The molecule has 0 radical (unpaired) electrons. The molecule has 0 saturated heterocycles. The fraction of sp³-hybridized carbons (Fsp3) is 0.455. The monoisotopic (exact) mass is 179 g/mol. The largest absolute Gasteiger partial charge is 0.496 e. The van der Waals surface area contributed by atoms with Crippen LogP contribution in [0.4, 0.5) is 0 Å². The number of aryl methyl sites for hydroxylation is 1. The number of nitrogens with two attached hydrogens (primary N) is 1. The molecule has 1 aromatic rings. The molecular weight excluding hydrogens is 162 g/mol. The van der Waals surface area contributed by atoms with Crippen LogP contribution >= 0.6 is 0 Å². The molecule has 0 amide bonds. The number of benzene rings is 1. The molecular formula is C11H17NO. The molecule has 1 rings (SSSR count). The highest BCUT2D eigenvalue weighted by Crippen LogP contribution is 2.19. The SMILES string of the molecule is COc1cc(C[C@H](C)N)ccc1C. The Labute approximate surface area is 79.7 Å². The molecule has 1 atom stereocenters. The van der Waals surface area contributed by atoms with Gasteiger partial charge < -0.3 is 10.5 Å². The molecule has 2 nitrogen and oxygen atoms in total. The van der Waals surface area contributed by atoms with Gasteiger partial charge in [0.15, 0.2) is 0 Å². The summed E-state index contributed by atoms with van der Waals surface area (Å²) in [5, 5.41) is 0.